The Balaban J connectivity index is 1.21. The predicted octanol–water partition coefficient (Wildman–Crippen LogP) is 4.74. The summed E-state index contributed by atoms with van der Waals surface area (Å²) in [6.07, 6.45) is 16.9. The van der Waals surface area contributed by atoms with Gasteiger partial charge >= 0.3 is 11.9 Å². The lowest BCUT2D eigenvalue weighted by Crippen LogP contribution is -2.48. The summed E-state index contributed by atoms with van der Waals surface area (Å²) in [4.78, 5) is 26.5. The van der Waals surface area contributed by atoms with Crippen molar-refractivity contribution in [2.24, 2.45) is 23.2 Å². The molecule has 0 aromatic carbocycles. The van der Waals surface area contributed by atoms with Crippen molar-refractivity contribution in [3.8, 4) is 0 Å². The fraction of sp³-hybridized carbons (Fsp3) is 0.926. The summed E-state index contributed by atoms with van der Waals surface area (Å²) < 4.78 is 15.4. The Kier molecular flexibility index (Phi) is 9.09. The first-order chi connectivity index (χ1) is 16.0. The standard InChI is InChI=1S/C27H45NO5/c1-31-13-14-33-26(30)8-7-25(29)32-12-11-28(24-5-3-2-4-6-24)10-9-27-18-21-15-22(19-27)17-23(16-21)20-27/h21-24H,2-20H2,1H3. The van der Waals surface area contributed by atoms with Crippen LogP contribution in [0.2, 0.25) is 0 Å². The van der Waals surface area contributed by atoms with E-state index in [0.29, 0.717) is 24.7 Å². The van der Waals surface area contributed by atoms with Crippen LogP contribution >= 0.6 is 0 Å². The second-order valence-electron chi connectivity index (χ2n) is 11.4. The number of carbonyl (C=O) groups is 2. The first-order valence-corrected chi connectivity index (χ1v) is 13.6. The minimum Gasteiger partial charge on any atom is -0.464 e. The lowest BCUT2D eigenvalue weighted by atomic mass is 9.49. The third kappa shape index (κ3) is 7.17. The number of esters is 2. The molecule has 0 N–H and O–H groups in total. The number of rotatable bonds is 13. The molecule has 6 heteroatoms. The third-order valence-corrected chi connectivity index (χ3v) is 8.91. The van der Waals surface area contributed by atoms with Crippen LogP contribution in [-0.4, -0.2) is 62.9 Å². The molecule has 33 heavy (non-hydrogen) atoms. The monoisotopic (exact) mass is 463 g/mol. The van der Waals surface area contributed by atoms with Crippen molar-refractivity contribution in [2.45, 2.75) is 95.9 Å². The van der Waals surface area contributed by atoms with E-state index in [9.17, 15) is 9.59 Å². The molecule has 5 fully saturated rings. The van der Waals surface area contributed by atoms with Gasteiger partial charge in [-0.25, -0.2) is 0 Å². The van der Waals surface area contributed by atoms with Gasteiger partial charge < -0.3 is 14.2 Å². The van der Waals surface area contributed by atoms with Gasteiger partial charge in [0.25, 0.3) is 0 Å². The molecule has 4 bridgehead atoms. The zero-order valence-corrected chi connectivity index (χ0v) is 20.7. The molecule has 0 atom stereocenters. The van der Waals surface area contributed by atoms with Crippen molar-refractivity contribution in [1.82, 2.24) is 4.90 Å². The molecule has 0 saturated heterocycles. The van der Waals surface area contributed by atoms with Gasteiger partial charge in [-0.1, -0.05) is 19.3 Å². The number of ether oxygens (including phenoxy) is 3. The molecule has 188 valence electrons. The highest BCUT2D eigenvalue weighted by Crippen LogP contribution is 2.61. The van der Waals surface area contributed by atoms with Gasteiger partial charge in [0.1, 0.15) is 13.2 Å². The van der Waals surface area contributed by atoms with E-state index in [1.807, 2.05) is 0 Å². The minimum atomic E-state index is -0.372. The van der Waals surface area contributed by atoms with Gasteiger partial charge in [0.2, 0.25) is 0 Å². The van der Waals surface area contributed by atoms with E-state index < -0.39 is 0 Å². The summed E-state index contributed by atoms with van der Waals surface area (Å²) in [5.41, 5.74) is 0.599. The van der Waals surface area contributed by atoms with E-state index in [1.165, 1.54) is 77.0 Å². The van der Waals surface area contributed by atoms with Crippen LogP contribution in [0.1, 0.15) is 89.9 Å². The van der Waals surface area contributed by atoms with Gasteiger partial charge in [-0.15, -0.1) is 0 Å². The van der Waals surface area contributed by atoms with Crippen LogP contribution in [0.25, 0.3) is 0 Å². The molecule has 5 saturated carbocycles. The molecule has 5 aliphatic carbocycles. The lowest BCUT2D eigenvalue weighted by molar-refractivity contribution is -0.151. The number of methoxy groups -OCH3 is 1. The molecule has 0 heterocycles. The SMILES string of the molecule is COCCOC(=O)CCC(=O)OCCN(CCC12CC3CC(CC(C3)C1)C2)C1CCCCC1. The fourth-order valence-electron chi connectivity index (χ4n) is 7.76. The highest BCUT2D eigenvalue weighted by atomic mass is 16.6. The van der Waals surface area contributed by atoms with Crippen LogP contribution in [0.3, 0.4) is 0 Å². The summed E-state index contributed by atoms with van der Waals surface area (Å²) in [6, 6.07) is 0.641. The Morgan fingerprint density at radius 2 is 1.36 bits per heavy atom. The Labute approximate surface area is 200 Å². The normalized spacial score (nSPS) is 31.2. The van der Waals surface area contributed by atoms with Crippen molar-refractivity contribution < 1.29 is 23.8 Å². The van der Waals surface area contributed by atoms with Crippen LogP contribution < -0.4 is 0 Å². The van der Waals surface area contributed by atoms with Crippen molar-refractivity contribution >= 4 is 11.9 Å². The quantitative estimate of drug-likeness (QED) is 0.290. The number of hydrogen-bond donors (Lipinski definition) is 0. The molecule has 6 nitrogen and oxygen atoms in total. The maximum Gasteiger partial charge on any atom is 0.306 e. The van der Waals surface area contributed by atoms with E-state index in [-0.39, 0.29) is 31.4 Å². The Hall–Kier alpha value is -1.14. The summed E-state index contributed by atoms with van der Waals surface area (Å²) in [7, 11) is 1.56. The van der Waals surface area contributed by atoms with E-state index in [0.717, 1.165) is 30.8 Å². The second-order valence-corrected chi connectivity index (χ2v) is 11.4. The number of carbonyl (C=O) groups excluding carboxylic acids is 2. The fourth-order valence-corrected chi connectivity index (χ4v) is 7.76. The highest BCUT2D eigenvalue weighted by molar-refractivity contribution is 5.77. The van der Waals surface area contributed by atoms with Gasteiger partial charge in [0, 0.05) is 19.7 Å². The molecule has 0 amide bonds. The van der Waals surface area contributed by atoms with Crippen LogP contribution in [0.5, 0.6) is 0 Å². The van der Waals surface area contributed by atoms with E-state index in [1.54, 1.807) is 7.11 Å². The topological polar surface area (TPSA) is 65.1 Å². The van der Waals surface area contributed by atoms with Crippen LogP contribution in [0.4, 0.5) is 0 Å². The Morgan fingerprint density at radius 1 is 0.788 bits per heavy atom. The van der Waals surface area contributed by atoms with Gasteiger partial charge in [-0.2, -0.15) is 0 Å². The van der Waals surface area contributed by atoms with E-state index in [2.05, 4.69) is 4.90 Å². The molecule has 0 unspecified atom stereocenters. The minimum absolute atomic E-state index is 0.0703. The van der Waals surface area contributed by atoms with Crippen molar-refractivity contribution in [2.75, 3.05) is 40.0 Å². The average molecular weight is 464 g/mol. The first-order valence-electron chi connectivity index (χ1n) is 13.6. The zero-order chi connectivity index (χ0) is 23.1. The maximum atomic E-state index is 12.1. The lowest BCUT2D eigenvalue weighted by Gasteiger charge is -2.57. The molecule has 5 rings (SSSR count). The second kappa shape index (κ2) is 12.0. The summed E-state index contributed by atoms with van der Waals surface area (Å²) in [6.45, 7) is 3.00. The van der Waals surface area contributed by atoms with Gasteiger partial charge in [0.15, 0.2) is 0 Å². The van der Waals surface area contributed by atoms with Crippen molar-refractivity contribution in [3.63, 3.8) is 0 Å². The van der Waals surface area contributed by atoms with Crippen LogP contribution in [0, 0.1) is 23.2 Å². The maximum absolute atomic E-state index is 12.1. The summed E-state index contributed by atoms with van der Waals surface area (Å²) in [5.74, 6) is 2.33. The van der Waals surface area contributed by atoms with Gasteiger partial charge in [-0.05, 0) is 87.5 Å². The van der Waals surface area contributed by atoms with Gasteiger partial charge in [-0.3, -0.25) is 14.5 Å². The summed E-state index contributed by atoms with van der Waals surface area (Å²) in [5, 5.41) is 0. The average Bonchev–Trinajstić information content (AvgIpc) is 2.80. The van der Waals surface area contributed by atoms with Crippen LogP contribution in [-0.2, 0) is 23.8 Å². The van der Waals surface area contributed by atoms with E-state index in [4.69, 9.17) is 14.2 Å². The van der Waals surface area contributed by atoms with Crippen molar-refractivity contribution in [3.05, 3.63) is 0 Å². The Bertz CT molecular complexity index is 609. The third-order valence-electron chi connectivity index (χ3n) is 8.91. The van der Waals surface area contributed by atoms with Crippen molar-refractivity contribution in [1.29, 1.82) is 0 Å². The smallest absolute Gasteiger partial charge is 0.306 e. The Morgan fingerprint density at radius 3 is 1.94 bits per heavy atom. The molecule has 0 radical (unpaired) electrons. The molecule has 0 aromatic heterocycles. The first kappa shape index (κ1) is 25.0. The highest BCUT2D eigenvalue weighted by Gasteiger charge is 2.50. The largest absolute Gasteiger partial charge is 0.464 e. The molecular formula is C27H45NO5. The predicted molar refractivity (Wildman–Crippen MR) is 127 cm³/mol. The number of nitrogens with zero attached hydrogens (tertiary/aromatic N) is 1. The zero-order valence-electron chi connectivity index (χ0n) is 20.7. The van der Waals surface area contributed by atoms with Gasteiger partial charge in [0.05, 0.1) is 19.4 Å². The van der Waals surface area contributed by atoms with E-state index >= 15 is 0 Å². The molecule has 0 spiro atoms. The molecule has 0 aromatic rings. The molecule has 5 aliphatic rings. The molecular weight excluding hydrogens is 418 g/mol. The van der Waals surface area contributed by atoms with Crippen LogP contribution in [0.15, 0.2) is 0 Å². The summed E-state index contributed by atoms with van der Waals surface area (Å²) >= 11 is 0. The molecule has 0 aliphatic heterocycles. The number of hydrogen-bond acceptors (Lipinski definition) is 6.